The second-order valence-corrected chi connectivity index (χ2v) is 7.11. The number of piperazine rings is 1. The zero-order valence-corrected chi connectivity index (χ0v) is 16.3. The monoisotopic (exact) mass is 403 g/mol. The first-order valence-corrected chi connectivity index (χ1v) is 9.69. The molecule has 1 atom stereocenters. The van der Waals surface area contributed by atoms with E-state index in [-0.39, 0.29) is 12.3 Å². The predicted molar refractivity (Wildman–Crippen MR) is 112 cm³/mol. The normalized spacial score (nSPS) is 18.7. The van der Waals surface area contributed by atoms with Gasteiger partial charge in [0.2, 0.25) is 5.91 Å². The standard InChI is InChI=1S/C21H21N7O2/c22-14-15-5-4-8-24-20(15)26-9-11-27(12-10-26)21(30)17-13-18(19(23)29)28(25-17)16-6-2-1-3-7-16/h1-8,18H,9-13H2,(H2,23,29). The van der Waals surface area contributed by atoms with Gasteiger partial charge in [-0.1, -0.05) is 18.2 Å². The lowest BCUT2D eigenvalue weighted by Crippen LogP contribution is -2.51. The summed E-state index contributed by atoms with van der Waals surface area (Å²) < 4.78 is 0. The first kappa shape index (κ1) is 19.4. The fraction of sp³-hybridized carbons (Fsp3) is 0.286. The van der Waals surface area contributed by atoms with Crippen molar-refractivity contribution in [2.75, 3.05) is 36.1 Å². The van der Waals surface area contributed by atoms with Gasteiger partial charge in [-0.3, -0.25) is 14.6 Å². The maximum absolute atomic E-state index is 13.0. The molecule has 2 aliphatic heterocycles. The van der Waals surface area contributed by atoms with Crippen molar-refractivity contribution in [2.24, 2.45) is 10.8 Å². The summed E-state index contributed by atoms with van der Waals surface area (Å²) >= 11 is 0. The molecule has 4 rings (SSSR count). The predicted octanol–water partition coefficient (Wildman–Crippen LogP) is 0.722. The first-order chi connectivity index (χ1) is 14.6. The van der Waals surface area contributed by atoms with Crippen LogP contribution < -0.4 is 15.6 Å². The van der Waals surface area contributed by atoms with Crippen LogP contribution in [0.4, 0.5) is 11.5 Å². The van der Waals surface area contributed by atoms with Crippen molar-refractivity contribution in [2.45, 2.75) is 12.5 Å². The molecule has 1 aromatic carbocycles. The Morgan fingerprint density at radius 2 is 1.80 bits per heavy atom. The molecule has 0 spiro atoms. The molecule has 2 N–H and O–H groups in total. The Labute approximate surface area is 174 Å². The van der Waals surface area contributed by atoms with Gasteiger partial charge in [-0.2, -0.15) is 10.4 Å². The molecule has 1 fully saturated rings. The van der Waals surface area contributed by atoms with Gasteiger partial charge in [0.15, 0.2) is 0 Å². The fourth-order valence-corrected chi connectivity index (χ4v) is 3.72. The molecule has 30 heavy (non-hydrogen) atoms. The fourth-order valence-electron chi connectivity index (χ4n) is 3.72. The summed E-state index contributed by atoms with van der Waals surface area (Å²) in [4.78, 5) is 33.0. The molecule has 0 aliphatic carbocycles. The zero-order chi connectivity index (χ0) is 21.1. The second-order valence-electron chi connectivity index (χ2n) is 7.11. The number of rotatable bonds is 4. The summed E-state index contributed by atoms with van der Waals surface area (Å²) in [6, 6.07) is 14.1. The molecule has 2 aliphatic rings. The van der Waals surface area contributed by atoms with Crippen molar-refractivity contribution in [3.05, 3.63) is 54.2 Å². The van der Waals surface area contributed by atoms with Crippen LogP contribution in [0.25, 0.3) is 0 Å². The molecule has 1 unspecified atom stereocenters. The highest BCUT2D eigenvalue weighted by Gasteiger charge is 2.37. The van der Waals surface area contributed by atoms with Crippen LogP contribution in [0.3, 0.4) is 0 Å². The van der Waals surface area contributed by atoms with Gasteiger partial charge in [0.25, 0.3) is 5.91 Å². The van der Waals surface area contributed by atoms with Crippen LogP contribution in [0.15, 0.2) is 53.8 Å². The van der Waals surface area contributed by atoms with E-state index in [9.17, 15) is 14.9 Å². The maximum Gasteiger partial charge on any atom is 0.270 e. The number of nitriles is 1. The number of carbonyl (C=O) groups is 2. The van der Waals surface area contributed by atoms with Gasteiger partial charge >= 0.3 is 0 Å². The van der Waals surface area contributed by atoms with Crippen LogP contribution in [-0.4, -0.2) is 59.6 Å². The average molecular weight is 403 g/mol. The van der Waals surface area contributed by atoms with Crippen LogP contribution in [0, 0.1) is 11.3 Å². The van der Waals surface area contributed by atoms with E-state index >= 15 is 0 Å². The largest absolute Gasteiger partial charge is 0.368 e. The summed E-state index contributed by atoms with van der Waals surface area (Å²) in [5.74, 6) is -0.0791. The minimum atomic E-state index is -0.681. The number of carbonyl (C=O) groups excluding carboxylic acids is 2. The molecule has 2 aromatic rings. The maximum atomic E-state index is 13.0. The highest BCUT2D eigenvalue weighted by molar-refractivity contribution is 6.40. The van der Waals surface area contributed by atoms with E-state index in [0.717, 1.165) is 0 Å². The molecule has 3 heterocycles. The molecule has 0 radical (unpaired) electrons. The Morgan fingerprint density at radius 1 is 1.07 bits per heavy atom. The third kappa shape index (κ3) is 3.67. The number of nitrogens with zero attached hydrogens (tertiary/aromatic N) is 6. The Balaban J connectivity index is 1.46. The SMILES string of the molecule is N#Cc1cccnc1N1CCN(C(=O)C2=NN(c3ccccc3)C(C(N)=O)C2)CC1. The number of nitrogens with two attached hydrogens (primary N) is 1. The van der Waals surface area contributed by atoms with Gasteiger partial charge in [0.1, 0.15) is 23.6 Å². The molecular weight excluding hydrogens is 382 g/mol. The quantitative estimate of drug-likeness (QED) is 0.804. The number of hydrogen-bond donors (Lipinski definition) is 1. The van der Waals surface area contributed by atoms with Crippen molar-refractivity contribution in [3.8, 4) is 6.07 Å². The van der Waals surface area contributed by atoms with Crippen molar-refractivity contribution in [1.29, 1.82) is 5.26 Å². The molecule has 9 nitrogen and oxygen atoms in total. The third-order valence-electron chi connectivity index (χ3n) is 5.28. The first-order valence-electron chi connectivity index (χ1n) is 9.69. The number of aromatic nitrogens is 1. The number of pyridine rings is 1. The van der Waals surface area contributed by atoms with Gasteiger partial charge in [-0.05, 0) is 24.3 Å². The Bertz CT molecular complexity index is 1020. The number of amides is 2. The van der Waals surface area contributed by atoms with Crippen LogP contribution >= 0.6 is 0 Å². The van der Waals surface area contributed by atoms with Crippen molar-refractivity contribution in [3.63, 3.8) is 0 Å². The van der Waals surface area contributed by atoms with Crippen LogP contribution in [-0.2, 0) is 9.59 Å². The van der Waals surface area contributed by atoms with Crippen LogP contribution in [0.1, 0.15) is 12.0 Å². The number of anilines is 2. The molecule has 2 amide bonds. The molecule has 0 saturated carbocycles. The molecule has 1 saturated heterocycles. The van der Waals surface area contributed by atoms with E-state index in [1.807, 2.05) is 35.2 Å². The Kier molecular flexibility index (Phi) is 5.30. The summed E-state index contributed by atoms with van der Waals surface area (Å²) in [7, 11) is 0. The minimum Gasteiger partial charge on any atom is -0.368 e. The van der Waals surface area contributed by atoms with E-state index in [1.54, 1.807) is 23.2 Å². The summed E-state index contributed by atoms with van der Waals surface area (Å²) in [5.41, 5.74) is 7.11. The average Bonchev–Trinajstić information content (AvgIpc) is 3.25. The highest BCUT2D eigenvalue weighted by atomic mass is 16.2. The lowest BCUT2D eigenvalue weighted by Gasteiger charge is -2.35. The van der Waals surface area contributed by atoms with Gasteiger partial charge in [0, 0.05) is 38.8 Å². The van der Waals surface area contributed by atoms with Gasteiger partial charge < -0.3 is 15.5 Å². The number of hydrogen-bond acceptors (Lipinski definition) is 7. The lowest BCUT2D eigenvalue weighted by atomic mass is 10.1. The van der Waals surface area contributed by atoms with E-state index in [1.165, 1.54) is 5.01 Å². The Morgan fingerprint density at radius 3 is 2.47 bits per heavy atom. The van der Waals surface area contributed by atoms with Gasteiger partial charge in [-0.15, -0.1) is 0 Å². The Hall–Kier alpha value is -3.93. The van der Waals surface area contributed by atoms with E-state index in [2.05, 4.69) is 16.2 Å². The number of hydrazone groups is 1. The second kappa shape index (κ2) is 8.21. The number of primary amides is 1. The molecule has 9 heteroatoms. The van der Waals surface area contributed by atoms with Crippen LogP contribution in [0.5, 0.6) is 0 Å². The van der Waals surface area contributed by atoms with Crippen molar-refractivity contribution < 1.29 is 9.59 Å². The number of para-hydroxylation sites is 1. The smallest absolute Gasteiger partial charge is 0.270 e. The van der Waals surface area contributed by atoms with E-state index in [0.29, 0.717) is 49.0 Å². The van der Waals surface area contributed by atoms with Crippen molar-refractivity contribution >= 4 is 29.0 Å². The topological polar surface area (TPSA) is 119 Å². The summed E-state index contributed by atoms with van der Waals surface area (Å²) in [6.07, 6.45) is 1.84. The van der Waals surface area contributed by atoms with Gasteiger partial charge in [0.05, 0.1) is 11.3 Å². The molecular formula is C21H21N7O2. The highest BCUT2D eigenvalue weighted by Crippen LogP contribution is 2.25. The zero-order valence-electron chi connectivity index (χ0n) is 16.3. The van der Waals surface area contributed by atoms with E-state index < -0.39 is 11.9 Å². The van der Waals surface area contributed by atoms with Gasteiger partial charge in [-0.25, -0.2) is 4.98 Å². The summed E-state index contributed by atoms with van der Waals surface area (Å²) in [6.45, 7) is 2.08. The molecule has 152 valence electrons. The lowest BCUT2D eigenvalue weighted by molar-refractivity contribution is -0.124. The third-order valence-corrected chi connectivity index (χ3v) is 5.28. The van der Waals surface area contributed by atoms with Crippen molar-refractivity contribution in [1.82, 2.24) is 9.88 Å². The van der Waals surface area contributed by atoms with Crippen LogP contribution in [0.2, 0.25) is 0 Å². The molecule has 0 bridgehead atoms. The summed E-state index contributed by atoms with van der Waals surface area (Å²) in [5, 5.41) is 15.2. The van der Waals surface area contributed by atoms with E-state index in [4.69, 9.17) is 5.73 Å². The molecule has 1 aromatic heterocycles. The number of benzene rings is 1. The minimum absolute atomic E-state index is 0.183.